The van der Waals surface area contributed by atoms with Gasteiger partial charge in [0.05, 0.1) is 0 Å². The van der Waals surface area contributed by atoms with Gasteiger partial charge >= 0.3 is 6.09 Å². The van der Waals surface area contributed by atoms with Crippen molar-refractivity contribution in [2.45, 2.75) is 70.6 Å². The van der Waals surface area contributed by atoms with E-state index < -0.39 is 6.09 Å². The second kappa shape index (κ2) is 15.0. The van der Waals surface area contributed by atoms with Gasteiger partial charge in [-0.3, -0.25) is 5.43 Å². The summed E-state index contributed by atoms with van der Waals surface area (Å²) < 4.78 is 0. The smallest absolute Gasteiger partial charge is 0.419 e. The van der Waals surface area contributed by atoms with Gasteiger partial charge in [-0.25, -0.2) is 10.2 Å². The molecule has 0 saturated heterocycles. The molecule has 0 aliphatic rings. The van der Waals surface area contributed by atoms with Crippen molar-refractivity contribution in [2.24, 2.45) is 0 Å². The van der Waals surface area contributed by atoms with Gasteiger partial charge in [0.15, 0.2) is 0 Å². The van der Waals surface area contributed by atoms with E-state index in [-0.39, 0.29) is 0 Å². The Morgan fingerprint density at radius 2 is 1.37 bits per heavy atom. The first-order valence-corrected chi connectivity index (χ1v) is 7.60. The average molecular weight is 270 g/mol. The fourth-order valence-electron chi connectivity index (χ4n) is 2.05. The highest BCUT2D eigenvalue weighted by Crippen LogP contribution is 2.11. The summed E-state index contributed by atoms with van der Waals surface area (Å²) in [6.07, 6.45) is 14.9. The Balaban J connectivity index is 2.95. The number of rotatable bonds is 14. The number of carbonyl (C=O) groups is 1. The zero-order valence-electron chi connectivity index (χ0n) is 12.1. The molecule has 0 rings (SSSR count). The molecule has 0 aliphatic heterocycles. The van der Waals surface area contributed by atoms with Gasteiger partial charge in [0.25, 0.3) is 0 Å². The fourth-order valence-corrected chi connectivity index (χ4v) is 2.05. The molecular formula is C15H30N2O2. The number of hydrogen-bond acceptors (Lipinski definition) is 2. The molecule has 0 atom stereocenters. The van der Waals surface area contributed by atoms with Crippen LogP contribution >= 0.6 is 0 Å². The van der Waals surface area contributed by atoms with E-state index in [4.69, 9.17) is 5.11 Å². The van der Waals surface area contributed by atoms with Gasteiger partial charge in [-0.2, -0.15) is 0 Å². The second-order valence-corrected chi connectivity index (χ2v) is 4.97. The Morgan fingerprint density at radius 1 is 0.895 bits per heavy atom. The first-order valence-electron chi connectivity index (χ1n) is 7.60. The largest absolute Gasteiger partial charge is 0.464 e. The fraction of sp³-hybridized carbons (Fsp3) is 0.800. The van der Waals surface area contributed by atoms with Crippen LogP contribution in [0.1, 0.15) is 70.6 Å². The van der Waals surface area contributed by atoms with Crippen LogP contribution in [0.25, 0.3) is 0 Å². The molecule has 0 saturated carbocycles. The molecule has 4 heteroatoms. The second-order valence-electron chi connectivity index (χ2n) is 4.97. The molecule has 0 unspecified atom stereocenters. The SMILES string of the molecule is C=CCCCCCCCCCCCCNNC(=O)O. The molecule has 1 amide bonds. The zero-order valence-corrected chi connectivity index (χ0v) is 12.1. The Morgan fingerprint density at radius 3 is 1.84 bits per heavy atom. The van der Waals surface area contributed by atoms with Crippen LogP contribution in [0.5, 0.6) is 0 Å². The Labute approximate surface area is 117 Å². The molecule has 0 bridgehead atoms. The summed E-state index contributed by atoms with van der Waals surface area (Å²) in [7, 11) is 0. The normalized spacial score (nSPS) is 10.3. The van der Waals surface area contributed by atoms with Crippen LogP contribution in [-0.2, 0) is 0 Å². The summed E-state index contributed by atoms with van der Waals surface area (Å²) >= 11 is 0. The van der Waals surface area contributed by atoms with Crippen molar-refractivity contribution in [1.82, 2.24) is 10.9 Å². The van der Waals surface area contributed by atoms with E-state index in [1.807, 2.05) is 6.08 Å². The lowest BCUT2D eigenvalue weighted by atomic mass is 10.1. The molecule has 19 heavy (non-hydrogen) atoms. The van der Waals surface area contributed by atoms with Gasteiger partial charge < -0.3 is 5.11 Å². The lowest BCUT2D eigenvalue weighted by molar-refractivity contribution is 0.189. The number of unbranched alkanes of at least 4 members (excludes halogenated alkanes) is 10. The molecular weight excluding hydrogens is 240 g/mol. The van der Waals surface area contributed by atoms with Crippen molar-refractivity contribution in [3.63, 3.8) is 0 Å². The Bertz CT molecular complexity index is 220. The summed E-state index contributed by atoms with van der Waals surface area (Å²) in [4.78, 5) is 10.1. The molecule has 0 heterocycles. The molecule has 4 nitrogen and oxygen atoms in total. The number of nitrogens with one attached hydrogen (secondary N) is 2. The number of carboxylic acid groups (broad SMARTS) is 1. The van der Waals surface area contributed by atoms with Crippen LogP contribution in [-0.4, -0.2) is 17.7 Å². The highest BCUT2D eigenvalue weighted by atomic mass is 16.4. The molecule has 0 spiro atoms. The van der Waals surface area contributed by atoms with Gasteiger partial charge in [-0.1, -0.05) is 57.4 Å². The average Bonchev–Trinajstić information content (AvgIpc) is 2.39. The van der Waals surface area contributed by atoms with Crippen molar-refractivity contribution in [1.29, 1.82) is 0 Å². The summed E-state index contributed by atoms with van der Waals surface area (Å²) in [5.41, 5.74) is 4.81. The van der Waals surface area contributed by atoms with E-state index in [9.17, 15) is 4.79 Å². The first-order chi connectivity index (χ1) is 9.27. The maximum atomic E-state index is 10.1. The standard InChI is InChI=1S/C15H30N2O2/c1-2-3-4-5-6-7-8-9-10-11-12-13-14-16-17-15(18)19/h2,16-17H,1,3-14H2,(H,18,19). The number of hydrazine groups is 1. The quantitative estimate of drug-likeness (QED) is 0.251. The van der Waals surface area contributed by atoms with Crippen molar-refractivity contribution in [3.8, 4) is 0 Å². The molecule has 0 aromatic rings. The van der Waals surface area contributed by atoms with Crippen molar-refractivity contribution in [2.75, 3.05) is 6.54 Å². The Hall–Kier alpha value is -1.03. The number of allylic oxidation sites excluding steroid dienone is 1. The zero-order chi connectivity index (χ0) is 14.2. The maximum absolute atomic E-state index is 10.1. The topological polar surface area (TPSA) is 61.4 Å². The molecule has 0 aromatic carbocycles. The summed E-state index contributed by atoms with van der Waals surface area (Å²) in [5.74, 6) is 0. The predicted molar refractivity (Wildman–Crippen MR) is 80.1 cm³/mol. The minimum absolute atomic E-state index is 0.718. The third-order valence-electron chi connectivity index (χ3n) is 3.16. The number of amides is 1. The van der Waals surface area contributed by atoms with Gasteiger partial charge in [0.1, 0.15) is 0 Å². The first kappa shape index (κ1) is 18.0. The van der Waals surface area contributed by atoms with Crippen LogP contribution in [0.3, 0.4) is 0 Å². The van der Waals surface area contributed by atoms with E-state index in [0.717, 1.165) is 19.4 Å². The maximum Gasteiger partial charge on any atom is 0.419 e. The minimum atomic E-state index is -1.02. The third kappa shape index (κ3) is 17.0. The van der Waals surface area contributed by atoms with Crippen molar-refractivity contribution >= 4 is 6.09 Å². The van der Waals surface area contributed by atoms with E-state index in [2.05, 4.69) is 17.4 Å². The highest BCUT2D eigenvalue weighted by Gasteiger charge is 1.94. The van der Waals surface area contributed by atoms with E-state index >= 15 is 0 Å². The molecule has 0 radical (unpaired) electrons. The lowest BCUT2D eigenvalue weighted by Crippen LogP contribution is -2.36. The highest BCUT2D eigenvalue weighted by molar-refractivity contribution is 5.63. The van der Waals surface area contributed by atoms with Gasteiger partial charge in [0.2, 0.25) is 0 Å². The van der Waals surface area contributed by atoms with E-state index in [0.29, 0.717) is 0 Å². The van der Waals surface area contributed by atoms with Gasteiger partial charge in [0, 0.05) is 6.54 Å². The molecule has 0 fully saturated rings. The molecule has 112 valence electrons. The minimum Gasteiger partial charge on any atom is -0.464 e. The third-order valence-corrected chi connectivity index (χ3v) is 3.16. The molecule has 3 N–H and O–H groups in total. The van der Waals surface area contributed by atoms with Gasteiger partial charge in [-0.15, -0.1) is 6.58 Å². The monoisotopic (exact) mass is 270 g/mol. The Kier molecular flexibility index (Phi) is 14.2. The van der Waals surface area contributed by atoms with Crippen LogP contribution in [0.15, 0.2) is 12.7 Å². The van der Waals surface area contributed by atoms with Gasteiger partial charge in [-0.05, 0) is 19.3 Å². The van der Waals surface area contributed by atoms with Crippen LogP contribution in [0.2, 0.25) is 0 Å². The van der Waals surface area contributed by atoms with Crippen LogP contribution < -0.4 is 10.9 Å². The van der Waals surface area contributed by atoms with Crippen molar-refractivity contribution < 1.29 is 9.90 Å². The van der Waals surface area contributed by atoms with Crippen LogP contribution in [0.4, 0.5) is 4.79 Å². The molecule has 0 aromatic heterocycles. The lowest BCUT2D eigenvalue weighted by Gasteiger charge is -2.04. The molecule has 0 aliphatic carbocycles. The van der Waals surface area contributed by atoms with Crippen LogP contribution in [0, 0.1) is 0 Å². The van der Waals surface area contributed by atoms with E-state index in [1.165, 1.54) is 57.8 Å². The van der Waals surface area contributed by atoms with Crippen molar-refractivity contribution in [3.05, 3.63) is 12.7 Å². The summed E-state index contributed by atoms with van der Waals surface area (Å²) in [6, 6.07) is 0. The summed E-state index contributed by atoms with van der Waals surface area (Å²) in [6.45, 7) is 4.44. The number of hydrogen-bond donors (Lipinski definition) is 3. The summed E-state index contributed by atoms with van der Waals surface area (Å²) in [5, 5.41) is 8.33. The van der Waals surface area contributed by atoms with E-state index in [1.54, 1.807) is 0 Å². The predicted octanol–water partition coefficient (Wildman–Crippen LogP) is 4.24.